The van der Waals surface area contributed by atoms with E-state index in [9.17, 15) is 4.79 Å². The Kier molecular flexibility index (Phi) is 12.4. The molecule has 0 aromatic rings. The highest BCUT2D eigenvalue weighted by molar-refractivity contribution is 14.0. The number of aliphatic imine (C=N–C) groups is 1. The number of amides is 1. The van der Waals surface area contributed by atoms with Crippen LogP contribution in [0.25, 0.3) is 0 Å². The van der Waals surface area contributed by atoms with E-state index in [1.54, 1.807) is 11.9 Å². The Morgan fingerprint density at radius 3 is 2.52 bits per heavy atom. The first kappa shape index (κ1) is 28.2. The molecule has 0 aliphatic carbocycles. The summed E-state index contributed by atoms with van der Waals surface area (Å²) in [7, 11) is 3.59. The van der Waals surface area contributed by atoms with Gasteiger partial charge in [-0.05, 0) is 51.9 Å². The molecule has 182 valence electrons. The molecule has 31 heavy (non-hydrogen) atoms. The van der Waals surface area contributed by atoms with E-state index in [2.05, 4.69) is 27.4 Å². The highest BCUT2D eigenvalue weighted by atomic mass is 127. The van der Waals surface area contributed by atoms with Crippen molar-refractivity contribution in [2.45, 2.75) is 58.6 Å². The van der Waals surface area contributed by atoms with E-state index in [0.717, 1.165) is 51.6 Å². The Morgan fingerprint density at radius 2 is 1.97 bits per heavy atom. The fourth-order valence-corrected chi connectivity index (χ4v) is 3.96. The number of rotatable bonds is 7. The fraction of sp³-hybridized carbons (Fsp3) is 0.909. The lowest BCUT2D eigenvalue weighted by atomic mass is 10.0. The van der Waals surface area contributed by atoms with Gasteiger partial charge in [0.2, 0.25) is 0 Å². The van der Waals surface area contributed by atoms with Crippen LogP contribution in [0.1, 0.15) is 47.0 Å². The lowest BCUT2D eigenvalue weighted by Crippen LogP contribution is -2.50. The summed E-state index contributed by atoms with van der Waals surface area (Å²) in [6.45, 7) is 14.4. The molecule has 2 rings (SSSR count). The summed E-state index contributed by atoms with van der Waals surface area (Å²) in [4.78, 5) is 20.7. The highest BCUT2D eigenvalue weighted by Crippen LogP contribution is 2.17. The van der Waals surface area contributed by atoms with Crippen LogP contribution in [0, 0.1) is 11.8 Å². The van der Waals surface area contributed by atoms with Gasteiger partial charge in [-0.3, -0.25) is 4.99 Å². The summed E-state index contributed by atoms with van der Waals surface area (Å²) in [5, 5.41) is 6.97. The number of nitrogens with zero attached hydrogens (tertiary/aromatic N) is 3. The van der Waals surface area contributed by atoms with E-state index >= 15 is 0 Å². The second kappa shape index (κ2) is 13.7. The van der Waals surface area contributed by atoms with E-state index in [-0.39, 0.29) is 36.0 Å². The molecular formula is C22H44IN5O3. The summed E-state index contributed by atoms with van der Waals surface area (Å²) < 4.78 is 10.9. The largest absolute Gasteiger partial charge is 0.444 e. The predicted octanol–water partition coefficient (Wildman–Crippen LogP) is 2.77. The lowest BCUT2D eigenvalue weighted by molar-refractivity contribution is 0.0278. The molecule has 9 heteroatoms. The first-order valence-corrected chi connectivity index (χ1v) is 11.4. The quantitative estimate of drug-likeness (QED) is 0.287. The molecule has 2 saturated heterocycles. The topological polar surface area (TPSA) is 78.4 Å². The van der Waals surface area contributed by atoms with Crippen molar-refractivity contribution in [3.63, 3.8) is 0 Å². The number of hydrogen-bond donors (Lipinski definition) is 2. The number of carbonyl (C=O) groups excluding carboxylic acids is 1. The van der Waals surface area contributed by atoms with Gasteiger partial charge in [0.15, 0.2) is 5.96 Å². The maximum absolute atomic E-state index is 12.1. The van der Waals surface area contributed by atoms with Crippen molar-refractivity contribution in [2.24, 2.45) is 16.8 Å². The molecule has 2 aliphatic rings. The van der Waals surface area contributed by atoms with Gasteiger partial charge in [0, 0.05) is 59.5 Å². The minimum Gasteiger partial charge on any atom is -0.444 e. The van der Waals surface area contributed by atoms with Gasteiger partial charge in [-0.2, -0.15) is 0 Å². The molecule has 0 aromatic heterocycles. The number of halogens is 1. The minimum absolute atomic E-state index is 0. The number of likely N-dealkylation sites (tertiary alicyclic amines) is 1. The van der Waals surface area contributed by atoms with Gasteiger partial charge in [0.05, 0.1) is 6.61 Å². The molecule has 0 saturated carbocycles. The average molecular weight is 554 g/mol. The van der Waals surface area contributed by atoms with Crippen LogP contribution >= 0.6 is 24.0 Å². The van der Waals surface area contributed by atoms with Crippen LogP contribution in [0.15, 0.2) is 4.99 Å². The highest BCUT2D eigenvalue weighted by Gasteiger charge is 2.24. The second-order valence-corrected chi connectivity index (χ2v) is 9.87. The fourth-order valence-electron chi connectivity index (χ4n) is 3.96. The predicted molar refractivity (Wildman–Crippen MR) is 136 cm³/mol. The zero-order valence-corrected chi connectivity index (χ0v) is 22.6. The molecule has 2 heterocycles. The Hall–Kier alpha value is -0.810. The molecule has 8 nitrogen and oxygen atoms in total. The van der Waals surface area contributed by atoms with Crippen molar-refractivity contribution in [3.8, 4) is 0 Å². The number of carbonyl (C=O) groups is 1. The molecule has 2 fully saturated rings. The third-order valence-corrected chi connectivity index (χ3v) is 5.60. The van der Waals surface area contributed by atoms with Gasteiger partial charge in [-0.1, -0.05) is 6.92 Å². The van der Waals surface area contributed by atoms with Crippen molar-refractivity contribution in [1.82, 2.24) is 20.4 Å². The number of guanidine groups is 1. The molecule has 0 aromatic carbocycles. The Bertz CT molecular complexity index is 556. The first-order valence-electron chi connectivity index (χ1n) is 11.4. The summed E-state index contributed by atoms with van der Waals surface area (Å²) in [6.07, 6.45) is 3.18. The first-order chi connectivity index (χ1) is 14.2. The summed E-state index contributed by atoms with van der Waals surface area (Å²) >= 11 is 0. The third kappa shape index (κ3) is 11.1. The molecule has 0 spiro atoms. The van der Waals surface area contributed by atoms with Gasteiger partial charge in [0.25, 0.3) is 0 Å². The van der Waals surface area contributed by atoms with Crippen LogP contribution in [0.4, 0.5) is 4.79 Å². The monoisotopic (exact) mass is 553 g/mol. The Labute approximate surface area is 205 Å². The van der Waals surface area contributed by atoms with Gasteiger partial charge in [0.1, 0.15) is 5.60 Å². The summed E-state index contributed by atoms with van der Waals surface area (Å²) in [5.41, 5.74) is -0.473. The minimum atomic E-state index is -0.473. The Balaban J connectivity index is 0.00000480. The van der Waals surface area contributed by atoms with Crippen LogP contribution in [0.5, 0.6) is 0 Å². The zero-order valence-electron chi connectivity index (χ0n) is 20.3. The van der Waals surface area contributed by atoms with Crippen molar-refractivity contribution >= 4 is 36.0 Å². The van der Waals surface area contributed by atoms with Crippen molar-refractivity contribution < 1.29 is 14.3 Å². The van der Waals surface area contributed by atoms with Crippen molar-refractivity contribution in [1.29, 1.82) is 0 Å². The smallest absolute Gasteiger partial charge is 0.410 e. The number of piperidine rings is 1. The maximum Gasteiger partial charge on any atom is 0.410 e. The SMILES string of the molecule is CN=C(NCC(C)CN(C)C(=O)OC(C)(C)C)NC1CCN(CC2CCOC2)CC1.I. The van der Waals surface area contributed by atoms with Crippen LogP contribution in [-0.4, -0.2) is 93.5 Å². The Morgan fingerprint density at radius 1 is 1.29 bits per heavy atom. The zero-order chi connectivity index (χ0) is 22.1. The van der Waals surface area contributed by atoms with Gasteiger partial charge < -0.3 is 29.9 Å². The number of nitrogens with one attached hydrogen (secondary N) is 2. The lowest BCUT2D eigenvalue weighted by Gasteiger charge is -2.34. The van der Waals surface area contributed by atoms with Gasteiger partial charge in [-0.25, -0.2) is 4.79 Å². The normalized spacial score (nSPS) is 21.9. The maximum atomic E-state index is 12.1. The van der Waals surface area contributed by atoms with Crippen molar-refractivity contribution in [3.05, 3.63) is 0 Å². The third-order valence-electron chi connectivity index (χ3n) is 5.60. The number of ether oxygens (including phenoxy) is 2. The van der Waals surface area contributed by atoms with Gasteiger partial charge >= 0.3 is 6.09 Å². The molecular weight excluding hydrogens is 509 g/mol. The van der Waals surface area contributed by atoms with E-state index in [0.29, 0.717) is 18.5 Å². The molecule has 0 radical (unpaired) electrons. The molecule has 2 unspecified atom stereocenters. The van der Waals surface area contributed by atoms with E-state index < -0.39 is 5.60 Å². The molecule has 2 N–H and O–H groups in total. The van der Waals surface area contributed by atoms with Crippen LogP contribution in [0.2, 0.25) is 0 Å². The second-order valence-electron chi connectivity index (χ2n) is 9.87. The van der Waals surface area contributed by atoms with Crippen molar-refractivity contribution in [2.75, 3.05) is 60.0 Å². The average Bonchev–Trinajstić information content (AvgIpc) is 3.18. The summed E-state index contributed by atoms with van der Waals surface area (Å²) in [5.74, 6) is 1.82. The van der Waals surface area contributed by atoms with Crippen LogP contribution in [-0.2, 0) is 9.47 Å². The van der Waals surface area contributed by atoms with Crippen LogP contribution in [0.3, 0.4) is 0 Å². The molecule has 1 amide bonds. The van der Waals surface area contributed by atoms with E-state index in [1.165, 1.54) is 13.0 Å². The summed E-state index contributed by atoms with van der Waals surface area (Å²) in [6, 6.07) is 0.451. The van der Waals surface area contributed by atoms with Gasteiger partial charge in [-0.15, -0.1) is 24.0 Å². The molecule has 2 aliphatic heterocycles. The van der Waals surface area contributed by atoms with E-state index in [4.69, 9.17) is 9.47 Å². The molecule has 2 atom stereocenters. The van der Waals surface area contributed by atoms with E-state index in [1.807, 2.05) is 27.8 Å². The number of hydrogen-bond acceptors (Lipinski definition) is 5. The molecule has 0 bridgehead atoms. The van der Waals surface area contributed by atoms with Crippen LogP contribution < -0.4 is 10.6 Å². The standard InChI is InChI=1S/C22H43N5O3.HI/c1-17(14-26(6)21(28)30-22(2,3)4)13-24-20(23-5)25-19-7-10-27(11-8-19)15-18-9-12-29-16-18;/h17-19H,7-16H2,1-6H3,(H2,23,24,25);1H.